The lowest BCUT2D eigenvalue weighted by Crippen LogP contribution is -2.38. The fourth-order valence-corrected chi connectivity index (χ4v) is 4.76. The number of amides is 1. The summed E-state index contributed by atoms with van der Waals surface area (Å²) in [6, 6.07) is 19.1. The SMILES string of the molecule is CCOc1ccc(N(CC(=O)Nc2cccc(C(C)=O)c2)S(=O)(=O)c2ccc(Br)cc2)cc1. The van der Waals surface area contributed by atoms with Crippen LogP contribution in [0.1, 0.15) is 24.2 Å². The van der Waals surface area contributed by atoms with E-state index in [4.69, 9.17) is 4.74 Å². The molecular weight excluding hydrogens is 508 g/mol. The zero-order valence-electron chi connectivity index (χ0n) is 18.1. The van der Waals surface area contributed by atoms with Crippen LogP contribution < -0.4 is 14.4 Å². The first-order chi connectivity index (χ1) is 15.7. The van der Waals surface area contributed by atoms with Crippen molar-refractivity contribution >= 4 is 49.0 Å². The first kappa shape index (κ1) is 24.5. The minimum absolute atomic E-state index is 0.0472. The molecule has 172 valence electrons. The van der Waals surface area contributed by atoms with Gasteiger partial charge in [-0.2, -0.15) is 0 Å². The maximum absolute atomic E-state index is 13.4. The van der Waals surface area contributed by atoms with Crippen molar-refractivity contribution in [2.75, 3.05) is 22.8 Å². The maximum atomic E-state index is 13.4. The summed E-state index contributed by atoms with van der Waals surface area (Å²) < 4.78 is 34.1. The van der Waals surface area contributed by atoms with Gasteiger partial charge in [-0.3, -0.25) is 13.9 Å². The van der Waals surface area contributed by atoms with Crippen molar-refractivity contribution in [3.8, 4) is 5.75 Å². The molecule has 0 aliphatic heterocycles. The molecule has 0 saturated carbocycles. The highest BCUT2D eigenvalue weighted by Crippen LogP contribution is 2.27. The third-order valence-corrected chi connectivity index (χ3v) is 6.99. The number of benzene rings is 3. The topological polar surface area (TPSA) is 92.8 Å². The van der Waals surface area contributed by atoms with Gasteiger partial charge in [-0.25, -0.2) is 8.42 Å². The molecule has 0 saturated heterocycles. The molecule has 33 heavy (non-hydrogen) atoms. The largest absolute Gasteiger partial charge is 0.494 e. The average Bonchev–Trinajstić information content (AvgIpc) is 2.79. The van der Waals surface area contributed by atoms with Crippen LogP contribution in [0.5, 0.6) is 5.75 Å². The molecule has 0 spiro atoms. The Morgan fingerprint density at radius 3 is 2.27 bits per heavy atom. The second-order valence-electron chi connectivity index (χ2n) is 7.08. The average molecular weight is 531 g/mol. The molecule has 0 aliphatic carbocycles. The van der Waals surface area contributed by atoms with Crippen LogP contribution in [-0.4, -0.2) is 33.3 Å². The standard InChI is InChI=1S/C24H23BrN2O5S/c1-3-32-22-11-9-21(10-12-22)27(33(30,31)23-13-7-19(25)8-14-23)16-24(29)26-20-6-4-5-18(15-20)17(2)28/h4-15H,3,16H2,1-2H3,(H,26,29). The van der Waals surface area contributed by atoms with Crippen LogP contribution in [-0.2, 0) is 14.8 Å². The summed E-state index contributed by atoms with van der Waals surface area (Å²) in [7, 11) is -4.05. The number of ketones is 1. The number of Topliss-reactive ketones (excluding diaryl/α,β-unsaturated/α-hetero) is 1. The van der Waals surface area contributed by atoms with Crippen LogP contribution in [0.4, 0.5) is 11.4 Å². The quantitative estimate of drug-likeness (QED) is 0.397. The Morgan fingerprint density at radius 2 is 1.67 bits per heavy atom. The van der Waals surface area contributed by atoms with E-state index in [-0.39, 0.29) is 10.7 Å². The van der Waals surface area contributed by atoms with Gasteiger partial charge in [0.1, 0.15) is 12.3 Å². The fourth-order valence-electron chi connectivity index (χ4n) is 3.07. The van der Waals surface area contributed by atoms with Gasteiger partial charge in [0.2, 0.25) is 5.91 Å². The monoisotopic (exact) mass is 530 g/mol. The second kappa shape index (κ2) is 10.6. The van der Waals surface area contributed by atoms with Gasteiger partial charge in [0, 0.05) is 15.7 Å². The zero-order valence-corrected chi connectivity index (χ0v) is 20.5. The molecule has 0 bridgehead atoms. The number of halogens is 1. The van der Waals surface area contributed by atoms with Crippen LogP contribution in [0.25, 0.3) is 0 Å². The lowest BCUT2D eigenvalue weighted by molar-refractivity contribution is -0.114. The van der Waals surface area contributed by atoms with Crippen LogP contribution in [0, 0.1) is 0 Å². The molecule has 3 aromatic carbocycles. The number of carbonyl (C=O) groups excluding carboxylic acids is 2. The van der Waals surface area contributed by atoms with E-state index in [1.165, 1.54) is 19.1 Å². The van der Waals surface area contributed by atoms with Crippen molar-refractivity contribution in [2.45, 2.75) is 18.7 Å². The number of ether oxygens (including phenoxy) is 1. The number of carbonyl (C=O) groups is 2. The Balaban J connectivity index is 1.92. The number of hydrogen-bond acceptors (Lipinski definition) is 5. The molecule has 3 aromatic rings. The van der Waals surface area contributed by atoms with E-state index in [1.54, 1.807) is 60.7 Å². The minimum atomic E-state index is -4.05. The Labute approximate surface area is 201 Å². The minimum Gasteiger partial charge on any atom is -0.494 e. The van der Waals surface area contributed by atoms with E-state index in [0.717, 1.165) is 8.78 Å². The predicted molar refractivity (Wildman–Crippen MR) is 131 cm³/mol. The highest BCUT2D eigenvalue weighted by Gasteiger charge is 2.27. The fraction of sp³-hybridized carbons (Fsp3) is 0.167. The van der Waals surface area contributed by atoms with Crippen molar-refractivity contribution < 1.29 is 22.7 Å². The normalized spacial score (nSPS) is 11.0. The van der Waals surface area contributed by atoms with Gasteiger partial charge in [-0.1, -0.05) is 28.1 Å². The molecule has 1 amide bonds. The maximum Gasteiger partial charge on any atom is 0.264 e. The van der Waals surface area contributed by atoms with Crippen LogP contribution in [0.2, 0.25) is 0 Å². The Morgan fingerprint density at radius 1 is 1.00 bits per heavy atom. The van der Waals surface area contributed by atoms with Crippen molar-refractivity contribution in [1.29, 1.82) is 0 Å². The van der Waals surface area contributed by atoms with Gasteiger partial charge in [0.25, 0.3) is 10.0 Å². The van der Waals surface area contributed by atoms with Gasteiger partial charge in [-0.15, -0.1) is 0 Å². The van der Waals surface area contributed by atoms with Crippen molar-refractivity contribution in [3.63, 3.8) is 0 Å². The summed E-state index contributed by atoms with van der Waals surface area (Å²) in [4.78, 5) is 24.5. The molecule has 0 aliphatic rings. The predicted octanol–water partition coefficient (Wildman–Crippen LogP) is 4.88. The summed E-state index contributed by atoms with van der Waals surface area (Å²) in [5.41, 5.74) is 1.16. The first-order valence-corrected chi connectivity index (χ1v) is 12.4. The van der Waals surface area contributed by atoms with E-state index < -0.39 is 22.5 Å². The molecular formula is C24H23BrN2O5S. The molecule has 0 unspecified atom stereocenters. The van der Waals surface area contributed by atoms with Crippen molar-refractivity contribution in [3.05, 3.63) is 82.8 Å². The van der Waals surface area contributed by atoms with Gasteiger partial charge in [0.15, 0.2) is 5.78 Å². The molecule has 9 heteroatoms. The number of rotatable bonds is 9. The lowest BCUT2D eigenvalue weighted by atomic mass is 10.1. The third kappa shape index (κ3) is 6.21. The molecule has 0 aromatic heterocycles. The van der Waals surface area contributed by atoms with Gasteiger partial charge in [-0.05, 0) is 74.5 Å². The summed E-state index contributed by atoms with van der Waals surface area (Å²) in [6.07, 6.45) is 0. The summed E-state index contributed by atoms with van der Waals surface area (Å²) in [6.45, 7) is 3.29. The number of nitrogens with zero attached hydrogens (tertiary/aromatic N) is 1. The molecule has 0 heterocycles. The molecule has 3 rings (SSSR count). The van der Waals surface area contributed by atoms with Crippen LogP contribution >= 0.6 is 15.9 Å². The summed E-state index contributed by atoms with van der Waals surface area (Å²) >= 11 is 3.30. The van der Waals surface area contributed by atoms with E-state index >= 15 is 0 Å². The van der Waals surface area contributed by atoms with Crippen LogP contribution in [0.3, 0.4) is 0 Å². The van der Waals surface area contributed by atoms with E-state index in [1.807, 2.05) is 6.92 Å². The highest BCUT2D eigenvalue weighted by atomic mass is 79.9. The van der Waals surface area contributed by atoms with Crippen molar-refractivity contribution in [2.24, 2.45) is 0 Å². The number of sulfonamides is 1. The van der Waals surface area contributed by atoms with E-state index in [0.29, 0.717) is 29.3 Å². The molecule has 0 atom stereocenters. The van der Waals surface area contributed by atoms with Gasteiger partial charge >= 0.3 is 0 Å². The Kier molecular flexibility index (Phi) is 7.88. The van der Waals surface area contributed by atoms with Crippen LogP contribution in [0.15, 0.2) is 82.2 Å². The molecule has 1 N–H and O–H groups in total. The van der Waals surface area contributed by atoms with Gasteiger partial charge in [0.05, 0.1) is 17.2 Å². The Hall–Kier alpha value is -3.17. The molecule has 0 fully saturated rings. The molecule has 0 radical (unpaired) electrons. The van der Waals surface area contributed by atoms with E-state index in [2.05, 4.69) is 21.2 Å². The van der Waals surface area contributed by atoms with E-state index in [9.17, 15) is 18.0 Å². The lowest BCUT2D eigenvalue weighted by Gasteiger charge is -2.24. The Bertz CT molecular complexity index is 1240. The summed E-state index contributed by atoms with van der Waals surface area (Å²) in [5, 5.41) is 2.67. The number of nitrogens with one attached hydrogen (secondary N) is 1. The highest BCUT2D eigenvalue weighted by molar-refractivity contribution is 9.10. The summed E-state index contributed by atoms with van der Waals surface area (Å²) in [5.74, 6) is -0.0991. The number of anilines is 2. The zero-order chi connectivity index (χ0) is 24.0. The second-order valence-corrected chi connectivity index (χ2v) is 9.86. The molecule has 7 nitrogen and oxygen atoms in total. The van der Waals surface area contributed by atoms with Crippen molar-refractivity contribution in [1.82, 2.24) is 0 Å². The number of hydrogen-bond donors (Lipinski definition) is 1. The van der Waals surface area contributed by atoms with Gasteiger partial charge < -0.3 is 10.1 Å². The smallest absolute Gasteiger partial charge is 0.264 e. The first-order valence-electron chi connectivity index (χ1n) is 10.1. The third-order valence-electron chi connectivity index (χ3n) is 4.68.